The molecule has 2 aliphatic rings. The zero-order chi connectivity index (χ0) is 34.7. The van der Waals surface area contributed by atoms with Crippen LogP contribution in [-0.2, 0) is 0 Å². The fourth-order valence-corrected chi connectivity index (χ4v) is 7.60. The molecule has 0 atom stereocenters. The Hall–Kier alpha value is -6.38. The molecule has 0 fully saturated rings. The van der Waals surface area contributed by atoms with Gasteiger partial charge in [0.1, 0.15) is 0 Å². The van der Waals surface area contributed by atoms with Crippen molar-refractivity contribution in [3.63, 3.8) is 0 Å². The van der Waals surface area contributed by atoms with Crippen molar-refractivity contribution in [2.45, 2.75) is 25.7 Å². The number of benzene rings is 7. The molecular weight excluding hydrogens is 629 g/mol. The van der Waals surface area contributed by atoms with Crippen LogP contribution in [0.2, 0.25) is 0 Å². The first-order valence-electron chi connectivity index (χ1n) is 18.4. The Kier molecular flexibility index (Phi) is 8.56. The SMILES string of the molecule is C1=CC(c2ccc(N(c3ccccc3)c3ccc4ccc5ccc(N(C6=CCCC=C6)c6ccc(-c7ccccc7)cc6)cc5c4c3)cc2)=CCC1. The Labute approximate surface area is 306 Å². The number of rotatable bonds is 8. The summed E-state index contributed by atoms with van der Waals surface area (Å²) in [7, 11) is 0. The van der Waals surface area contributed by atoms with Crippen molar-refractivity contribution in [3.8, 4) is 11.1 Å². The van der Waals surface area contributed by atoms with Crippen LogP contribution in [0.15, 0.2) is 200 Å². The molecule has 0 aliphatic heterocycles. The van der Waals surface area contributed by atoms with Crippen molar-refractivity contribution in [2.24, 2.45) is 0 Å². The predicted octanol–water partition coefficient (Wildman–Crippen LogP) is 14.2. The molecule has 7 aromatic rings. The maximum absolute atomic E-state index is 2.40. The summed E-state index contributed by atoms with van der Waals surface area (Å²) in [6.07, 6.45) is 18.1. The highest BCUT2D eigenvalue weighted by molar-refractivity contribution is 6.10. The molecule has 0 bridgehead atoms. The number of anilines is 5. The summed E-state index contributed by atoms with van der Waals surface area (Å²) in [6, 6.07) is 57.6. The molecule has 0 radical (unpaired) electrons. The van der Waals surface area contributed by atoms with Gasteiger partial charge in [0.15, 0.2) is 0 Å². The number of allylic oxidation sites excluding steroid dienone is 7. The average molecular weight is 669 g/mol. The third-order valence-corrected chi connectivity index (χ3v) is 10.3. The Morgan fingerprint density at radius 1 is 0.346 bits per heavy atom. The Morgan fingerprint density at radius 2 is 0.827 bits per heavy atom. The second-order valence-electron chi connectivity index (χ2n) is 13.6. The molecule has 52 heavy (non-hydrogen) atoms. The second kappa shape index (κ2) is 14.1. The molecule has 7 aromatic carbocycles. The van der Waals surface area contributed by atoms with E-state index < -0.39 is 0 Å². The summed E-state index contributed by atoms with van der Waals surface area (Å²) >= 11 is 0. The van der Waals surface area contributed by atoms with E-state index in [1.165, 1.54) is 49.5 Å². The van der Waals surface area contributed by atoms with Gasteiger partial charge in [0.25, 0.3) is 0 Å². The Bertz CT molecular complexity index is 2490. The van der Waals surface area contributed by atoms with E-state index in [9.17, 15) is 0 Å². The van der Waals surface area contributed by atoms with Gasteiger partial charge in [0, 0.05) is 34.1 Å². The number of para-hydroxylation sites is 1. The minimum absolute atomic E-state index is 1.04. The van der Waals surface area contributed by atoms with Gasteiger partial charge in [-0.25, -0.2) is 0 Å². The van der Waals surface area contributed by atoms with Gasteiger partial charge >= 0.3 is 0 Å². The molecule has 0 saturated heterocycles. The summed E-state index contributed by atoms with van der Waals surface area (Å²) in [4.78, 5) is 4.77. The molecule has 250 valence electrons. The monoisotopic (exact) mass is 668 g/mol. The average Bonchev–Trinajstić information content (AvgIpc) is 3.23. The van der Waals surface area contributed by atoms with Gasteiger partial charge in [-0.05, 0) is 136 Å². The zero-order valence-corrected chi connectivity index (χ0v) is 29.2. The first kappa shape index (κ1) is 31.6. The highest BCUT2D eigenvalue weighted by Gasteiger charge is 2.18. The van der Waals surface area contributed by atoms with Crippen LogP contribution < -0.4 is 9.80 Å². The van der Waals surface area contributed by atoms with Crippen LogP contribution in [-0.4, -0.2) is 0 Å². The van der Waals surface area contributed by atoms with E-state index in [0.717, 1.165) is 54.1 Å². The fourth-order valence-electron chi connectivity index (χ4n) is 7.60. The van der Waals surface area contributed by atoms with E-state index >= 15 is 0 Å². The molecule has 0 aromatic heterocycles. The van der Waals surface area contributed by atoms with Crippen LogP contribution in [0.3, 0.4) is 0 Å². The van der Waals surface area contributed by atoms with Crippen molar-refractivity contribution in [1.82, 2.24) is 0 Å². The van der Waals surface area contributed by atoms with Crippen LogP contribution in [0.25, 0.3) is 38.2 Å². The lowest BCUT2D eigenvalue weighted by molar-refractivity contribution is 0.997. The minimum Gasteiger partial charge on any atom is -0.311 e. The molecular formula is C50H40N2. The van der Waals surface area contributed by atoms with Gasteiger partial charge in [-0.3, -0.25) is 0 Å². The number of nitrogens with zero attached hydrogens (tertiary/aromatic N) is 2. The molecule has 2 nitrogen and oxygen atoms in total. The molecule has 2 heteroatoms. The summed E-state index contributed by atoms with van der Waals surface area (Å²) in [5.41, 5.74) is 11.9. The lowest BCUT2D eigenvalue weighted by Gasteiger charge is -2.28. The summed E-state index contributed by atoms with van der Waals surface area (Å²) in [6.45, 7) is 0. The Morgan fingerprint density at radius 3 is 1.42 bits per heavy atom. The smallest absolute Gasteiger partial charge is 0.0468 e. The van der Waals surface area contributed by atoms with Crippen LogP contribution in [0.5, 0.6) is 0 Å². The molecule has 0 heterocycles. The van der Waals surface area contributed by atoms with Gasteiger partial charge in [-0.15, -0.1) is 0 Å². The molecule has 0 unspecified atom stereocenters. The highest BCUT2D eigenvalue weighted by Crippen LogP contribution is 2.40. The number of fused-ring (bicyclic) bond motifs is 3. The topological polar surface area (TPSA) is 6.48 Å². The summed E-state index contributed by atoms with van der Waals surface area (Å²) in [5.74, 6) is 0. The predicted molar refractivity (Wildman–Crippen MR) is 223 cm³/mol. The van der Waals surface area contributed by atoms with E-state index in [-0.39, 0.29) is 0 Å². The van der Waals surface area contributed by atoms with E-state index in [4.69, 9.17) is 0 Å². The lowest BCUT2D eigenvalue weighted by Crippen LogP contribution is -2.16. The molecule has 0 saturated carbocycles. The van der Waals surface area contributed by atoms with Crippen molar-refractivity contribution in [2.75, 3.05) is 9.80 Å². The van der Waals surface area contributed by atoms with Crippen LogP contribution in [0.4, 0.5) is 28.4 Å². The van der Waals surface area contributed by atoms with Crippen molar-refractivity contribution >= 4 is 55.6 Å². The van der Waals surface area contributed by atoms with Crippen molar-refractivity contribution in [1.29, 1.82) is 0 Å². The van der Waals surface area contributed by atoms with Gasteiger partial charge < -0.3 is 9.80 Å². The molecule has 0 N–H and O–H groups in total. The fraction of sp³-hybridized carbons (Fsp3) is 0.0800. The molecule has 0 amide bonds. The molecule has 2 aliphatic carbocycles. The van der Waals surface area contributed by atoms with E-state index in [1.54, 1.807) is 0 Å². The quantitative estimate of drug-likeness (QED) is 0.149. The summed E-state index contributed by atoms with van der Waals surface area (Å²) < 4.78 is 0. The Balaban J connectivity index is 1.15. The van der Waals surface area contributed by atoms with Crippen LogP contribution in [0, 0.1) is 0 Å². The van der Waals surface area contributed by atoms with E-state index in [0.29, 0.717) is 0 Å². The van der Waals surface area contributed by atoms with Crippen LogP contribution >= 0.6 is 0 Å². The second-order valence-corrected chi connectivity index (χ2v) is 13.6. The third-order valence-electron chi connectivity index (χ3n) is 10.3. The zero-order valence-electron chi connectivity index (χ0n) is 29.2. The van der Waals surface area contributed by atoms with Crippen LogP contribution in [0.1, 0.15) is 31.2 Å². The number of hydrogen-bond acceptors (Lipinski definition) is 2. The standard InChI is InChI=1S/C50H40N2/c1-5-13-37(14-6-1)39-23-29-45(30-24-39)51(43-17-9-3-10-18-43)47-33-27-41-21-22-42-28-34-48(36-50(42)49(41)35-47)52(44-19-11-4-12-20-44)46-31-25-40(26-32-46)38-15-7-2-8-16-38/h1,4-7,9,11-36H,2-3,8,10H2. The van der Waals surface area contributed by atoms with Gasteiger partial charge in [-0.1, -0.05) is 127 Å². The number of hydrogen-bond donors (Lipinski definition) is 0. The van der Waals surface area contributed by atoms with Gasteiger partial charge in [0.2, 0.25) is 0 Å². The molecule has 0 spiro atoms. The summed E-state index contributed by atoms with van der Waals surface area (Å²) in [5, 5.41) is 4.93. The first-order chi connectivity index (χ1) is 25.8. The first-order valence-corrected chi connectivity index (χ1v) is 18.4. The van der Waals surface area contributed by atoms with Gasteiger partial charge in [-0.2, -0.15) is 0 Å². The highest BCUT2D eigenvalue weighted by atomic mass is 15.1. The van der Waals surface area contributed by atoms with E-state index in [1.807, 2.05) is 0 Å². The van der Waals surface area contributed by atoms with Crippen molar-refractivity contribution < 1.29 is 0 Å². The molecule has 9 rings (SSSR count). The third kappa shape index (κ3) is 6.25. The maximum atomic E-state index is 2.40. The van der Waals surface area contributed by atoms with E-state index in [2.05, 4.69) is 204 Å². The van der Waals surface area contributed by atoms with Gasteiger partial charge in [0.05, 0.1) is 0 Å². The maximum Gasteiger partial charge on any atom is 0.0468 e. The minimum atomic E-state index is 1.04. The normalized spacial score (nSPS) is 13.9. The van der Waals surface area contributed by atoms with Crippen molar-refractivity contribution in [3.05, 3.63) is 205 Å². The lowest BCUT2D eigenvalue weighted by atomic mass is 9.98. The largest absolute Gasteiger partial charge is 0.311 e.